The van der Waals surface area contributed by atoms with Gasteiger partial charge >= 0.3 is 0 Å². The summed E-state index contributed by atoms with van der Waals surface area (Å²) in [5.41, 5.74) is 0.907. The number of rotatable bonds is 8. The Labute approximate surface area is 122 Å². The summed E-state index contributed by atoms with van der Waals surface area (Å²) in [6, 6.07) is 6.10. The molecule has 20 heavy (non-hydrogen) atoms. The lowest BCUT2D eigenvalue weighted by atomic mass is 9.83. The third-order valence-corrected chi connectivity index (χ3v) is 4.16. The summed E-state index contributed by atoms with van der Waals surface area (Å²) in [7, 11) is 7.03. The van der Waals surface area contributed by atoms with Gasteiger partial charge in [-0.25, -0.2) is 0 Å². The topological polar surface area (TPSA) is 39.7 Å². The number of benzene rings is 1. The van der Waals surface area contributed by atoms with Crippen LogP contribution in [0.25, 0.3) is 0 Å². The molecule has 0 spiro atoms. The molecule has 114 valence electrons. The molecule has 1 aromatic rings. The van der Waals surface area contributed by atoms with Gasteiger partial charge in [-0.05, 0) is 37.6 Å². The zero-order chi connectivity index (χ0) is 15.2. The lowest BCUT2D eigenvalue weighted by Crippen LogP contribution is -2.43. The van der Waals surface area contributed by atoms with Crippen molar-refractivity contribution in [3.8, 4) is 11.5 Å². The summed E-state index contributed by atoms with van der Waals surface area (Å²) in [6.45, 7) is 4.30. The van der Waals surface area contributed by atoms with E-state index in [-0.39, 0.29) is 11.6 Å². The molecule has 0 aromatic heterocycles. The Kier molecular flexibility index (Phi) is 6.30. The molecule has 0 fully saturated rings. The Hall–Kier alpha value is -1.26. The van der Waals surface area contributed by atoms with Gasteiger partial charge in [0, 0.05) is 7.11 Å². The van der Waals surface area contributed by atoms with Crippen LogP contribution in [0.3, 0.4) is 0 Å². The Morgan fingerprint density at radius 1 is 1.05 bits per heavy atom. The smallest absolute Gasteiger partial charge is 0.161 e. The van der Waals surface area contributed by atoms with E-state index in [2.05, 4.69) is 25.2 Å². The lowest BCUT2D eigenvalue weighted by molar-refractivity contribution is -0.0468. The van der Waals surface area contributed by atoms with Gasteiger partial charge in [-0.1, -0.05) is 19.9 Å². The molecular formula is C16H27NO3. The fourth-order valence-electron chi connectivity index (χ4n) is 2.83. The molecule has 0 aliphatic rings. The van der Waals surface area contributed by atoms with Crippen molar-refractivity contribution in [1.29, 1.82) is 0 Å². The second kappa shape index (κ2) is 7.50. The van der Waals surface area contributed by atoms with Gasteiger partial charge in [0.15, 0.2) is 11.5 Å². The van der Waals surface area contributed by atoms with E-state index in [0.29, 0.717) is 0 Å². The maximum absolute atomic E-state index is 5.84. The number of ether oxygens (including phenoxy) is 3. The zero-order valence-corrected chi connectivity index (χ0v) is 13.4. The first-order valence-corrected chi connectivity index (χ1v) is 7.06. The van der Waals surface area contributed by atoms with Gasteiger partial charge < -0.3 is 19.5 Å². The first-order valence-electron chi connectivity index (χ1n) is 7.06. The Bertz CT molecular complexity index is 408. The molecule has 1 aromatic carbocycles. The van der Waals surface area contributed by atoms with Crippen molar-refractivity contribution in [1.82, 2.24) is 5.32 Å². The average molecular weight is 281 g/mol. The third kappa shape index (κ3) is 3.07. The van der Waals surface area contributed by atoms with E-state index in [1.807, 2.05) is 19.2 Å². The highest BCUT2D eigenvalue weighted by atomic mass is 16.5. The molecule has 1 unspecified atom stereocenters. The molecule has 0 heterocycles. The van der Waals surface area contributed by atoms with Crippen molar-refractivity contribution < 1.29 is 14.2 Å². The van der Waals surface area contributed by atoms with Crippen molar-refractivity contribution in [2.45, 2.75) is 38.3 Å². The molecule has 4 heteroatoms. The van der Waals surface area contributed by atoms with Crippen LogP contribution in [-0.2, 0) is 4.74 Å². The summed E-state index contributed by atoms with van der Waals surface area (Å²) < 4.78 is 16.5. The van der Waals surface area contributed by atoms with Crippen LogP contribution in [0.15, 0.2) is 18.2 Å². The molecule has 1 atom stereocenters. The van der Waals surface area contributed by atoms with Crippen LogP contribution in [0.4, 0.5) is 0 Å². The van der Waals surface area contributed by atoms with Crippen LogP contribution in [0, 0.1) is 0 Å². The van der Waals surface area contributed by atoms with E-state index < -0.39 is 0 Å². The van der Waals surface area contributed by atoms with E-state index >= 15 is 0 Å². The van der Waals surface area contributed by atoms with Crippen molar-refractivity contribution in [3.63, 3.8) is 0 Å². The first-order chi connectivity index (χ1) is 9.62. The second-order valence-electron chi connectivity index (χ2n) is 4.81. The number of nitrogens with one attached hydrogen (secondary N) is 1. The molecule has 4 nitrogen and oxygen atoms in total. The van der Waals surface area contributed by atoms with Crippen molar-refractivity contribution in [2.75, 3.05) is 28.4 Å². The van der Waals surface area contributed by atoms with Gasteiger partial charge in [0.2, 0.25) is 0 Å². The predicted molar refractivity (Wildman–Crippen MR) is 81.7 cm³/mol. The second-order valence-corrected chi connectivity index (χ2v) is 4.81. The number of methoxy groups -OCH3 is 3. The molecule has 0 saturated heterocycles. The normalized spacial score (nSPS) is 13.1. The van der Waals surface area contributed by atoms with Crippen LogP contribution >= 0.6 is 0 Å². The SMILES string of the molecule is CCC(CC)(OC)C(NC)c1ccc(OC)c(OC)c1. The van der Waals surface area contributed by atoms with E-state index in [4.69, 9.17) is 14.2 Å². The van der Waals surface area contributed by atoms with E-state index in [1.54, 1.807) is 21.3 Å². The van der Waals surface area contributed by atoms with Crippen molar-refractivity contribution in [2.24, 2.45) is 0 Å². The van der Waals surface area contributed by atoms with Crippen molar-refractivity contribution in [3.05, 3.63) is 23.8 Å². The third-order valence-electron chi connectivity index (χ3n) is 4.16. The quantitative estimate of drug-likeness (QED) is 0.794. The highest BCUT2D eigenvalue weighted by molar-refractivity contribution is 5.44. The Balaban J connectivity index is 3.24. The molecular weight excluding hydrogens is 254 g/mol. The van der Waals surface area contributed by atoms with Crippen LogP contribution in [0.1, 0.15) is 38.3 Å². The first kappa shape index (κ1) is 16.8. The molecule has 0 aliphatic heterocycles. The van der Waals surface area contributed by atoms with Crippen LogP contribution in [0.2, 0.25) is 0 Å². The number of likely N-dealkylation sites (N-methyl/N-ethyl adjacent to an activating group) is 1. The number of hydrogen-bond acceptors (Lipinski definition) is 4. The fraction of sp³-hybridized carbons (Fsp3) is 0.625. The molecule has 0 radical (unpaired) electrons. The van der Waals surface area contributed by atoms with Gasteiger partial charge in [0.25, 0.3) is 0 Å². The number of hydrogen-bond donors (Lipinski definition) is 1. The maximum Gasteiger partial charge on any atom is 0.161 e. The molecule has 1 rings (SSSR count). The average Bonchev–Trinajstić information content (AvgIpc) is 2.52. The largest absolute Gasteiger partial charge is 0.493 e. The van der Waals surface area contributed by atoms with Gasteiger partial charge in [-0.15, -0.1) is 0 Å². The molecule has 1 N–H and O–H groups in total. The highest BCUT2D eigenvalue weighted by Crippen LogP contribution is 2.38. The van der Waals surface area contributed by atoms with E-state index in [1.165, 1.54) is 0 Å². The highest BCUT2D eigenvalue weighted by Gasteiger charge is 2.36. The molecule has 0 amide bonds. The minimum atomic E-state index is -0.228. The van der Waals surface area contributed by atoms with Gasteiger partial charge in [0.1, 0.15) is 0 Å². The Morgan fingerprint density at radius 3 is 2.05 bits per heavy atom. The summed E-state index contributed by atoms with van der Waals surface area (Å²) >= 11 is 0. The van der Waals surface area contributed by atoms with Gasteiger partial charge in [-0.2, -0.15) is 0 Å². The molecule has 0 saturated carbocycles. The predicted octanol–water partition coefficient (Wildman–Crippen LogP) is 3.17. The monoisotopic (exact) mass is 281 g/mol. The summed E-state index contributed by atoms with van der Waals surface area (Å²) in [5, 5.41) is 3.38. The lowest BCUT2D eigenvalue weighted by Gasteiger charge is -2.38. The summed E-state index contributed by atoms with van der Waals surface area (Å²) in [6.07, 6.45) is 1.86. The van der Waals surface area contributed by atoms with E-state index in [9.17, 15) is 0 Å². The standard InChI is InChI=1S/C16H27NO3/c1-7-16(8-2,20-6)15(17-3)12-9-10-13(18-4)14(11-12)19-5/h9-11,15,17H,7-8H2,1-6H3. The fourth-order valence-corrected chi connectivity index (χ4v) is 2.83. The van der Waals surface area contributed by atoms with Crippen LogP contribution in [-0.4, -0.2) is 34.0 Å². The van der Waals surface area contributed by atoms with Crippen molar-refractivity contribution >= 4 is 0 Å². The maximum atomic E-state index is 5.84. The van der Waals surface area contributed by atoms with Crippen LogP contribution in [0.5, 0.6) is 11.5 Å². The van der Waals surface area contributed by atoms with Gasteiger partial charge in [0.05, 0.1) is 25.9 Å². The summed E-state index contributed by atoms with van der Waals surface area (Å²) in [5.74, 6) is 1.48. The molecule has 0 bridgehead atoms. The van der Waals surface area contributed by atoms with E-state index in [0.717, 1.165) is 29.9 Å². The minimum absolute atomic E-state index is 0.0994. The Morgan fingerprint density at radius 2 is 1.65 bits per heavy atom. The van der Waals surface area contributed by atoms with Crippen LogP contribution < -0.4 is 14.8 Å². The molecule has 0 aliphatic carbocycles. The summed E-state index contributed by atoms with van der Waals surface area (Å²) in [4.78, 5) is 0. The zero-order valence-electron chi connectivity index (χ0n) is 13.4. The minimum Gasteiger partial charge on any atom is -0.493 e. The van der Waals surface area contributed by atoms with Gasteiger partial charge in [-0.3, -0.25) is 0 Å².